The van der Waals surface area contributed by atoms with E-state index in [0.29, 0.717) is 15.8 Å². The van der Waals surface area contributed by atoms with Gasteiger partial charge in [0, 0.05) is 27.2 Å². The zero-order valence-corrected chi connectivity index (χ0v) is 14.9. The van der Waals surface area contributed by atoms with E-state index < -0.39 is 0 Å². The van der Waals surface area contributed by atoms with Gasteiger partial charge >= 0.3 is 0 Å². The van der Waals surface area contributed by atoms with Gasteiger partial charge in [-0.3, -0.25) is 0 Å². The van der Waals surface area contributed by atoms with E-state index >= 15 is 0 Å². The maximum Gasteiger partial charge on any atom is 0.147 e. The van der Waals surface area contributed by atoms with Crippen LogP contribution in [0.4, 0.5) is 0 Å². The smallest absolute Gasteiger partial charge is 0.147 e. The first-order valence-corrected chi connectivity index (χ1v) is 8.22. The molecule has 0 aliphatic rings. The normalized spacial score (nSPS) is 12.2. The lowest BCUT2D eigenvalue weighted by Crippen LogP contribution is -2.18. The molecule has 0 saturated carbocycles. The van der Waals surface area contributed by atoms with Crippen LogP contribution in [0, 0.1) is 0 Å². The minimum absolute atomic E-state index is 0.167. The lowest BCUT2D eigenvalue weighted by molar-refractivity contribution is 0.463. The zero-order valence-electron chi connectivity index (χ0n) is 11.8. The molecule has 1 atom stereocenters. The number of rotatable bonds is 5. The summed E-state index contributed by atoms with van der Waals surface area (Å²) in [5.41, 5.74) is 1.06. The Balaban J connectivity index is 2.37. The number of hydrogen-bond donors (Lipinski definition) is 1. The molecule has 21 heavy (non-hydrogen) atoms. The van der Waals surface area contributed by atoms with Crippen molar-refractivity contribution in [2.45, 2.75) is 19.9 Å². The number of benzene rings is 2. The molecule has 5 heteroatoms. The Morgan fingerprint density at radius 1 is 1.14 bits per heavy atom. The summed E-state index contributed by atoms with van der Waals surface area (Å²) in [6.07, 6.45) is 0. The summed E-state index contributed by atoms with van der Waals surface area (Å²) in [5, 5.41) is 4.50. The molecule has 2 nitrogen and oxygen atoms in total. The predicted molar refractivity (Wildman–Crippen MR) is 92.8 cm³/mol. The Morgan fingerprint density at radius 3 is 2.62 bits per heavy atom. The van der Waals surface area contributed by atoms with Crippen molar-refractivity contribution in [3.63, 3.8) is 0 Å². The third-order valence-corrected chi connectivity index (χ3v) is 4.10. The fourth-order valence-electron chi connectivity index (χ4n) is 2.04. The summed E-state index contributed by atoms with van der Waals surface area (Å²) < 4.78 is 6.97. The lowest BCUT2D eigenvalue weighted by atomic mass is 10.1. The minimum atomic E-state index is 0.167. The number of hydrogen-bond acceptors (Lipinski definition) is 2. The summed E-state index contributed by atoms with van der Waals surface area (Å²) >= 11 is 15.7. The third kappa shape index (κ3) is 4.36. The quantitative estimate of drug-likeness (QED) is 0.656. The molecular weight excluding hydrogens is 373 g/mol. The number of nitrogens with one attached hydrogen (secondary N) is 1. The fourth-order valence-corrected chi connectivity index (χ4v) is 2.74. The van der Waals surface area contributed by atoms with Gasteiger partial charge in [-0.15, -0.1) is 0 Å². The Morgan fingerprint density at radius 2 is 1.90 bits per heavy atom. The Bertz CT molecular complexity index is 634. The predicted octanol–water partition coefficient (Wildman–Crippen LogP) is 6.22. The Hall–Kier alpha value is -0.740. The maximum absolute atomic E-state index is 6.16. The molecule has 2 aromatic carbocycles. The zero-order chi connectivity index (χ0) is 15.4. The van der Waals surface area contributed by atoms with Crippen molar-refractivity contribution in [1.82, 2.24) is 5.32 Å². The van der Waals surface area contributed by atoms with Crippen LogP contribution in [0.3, 0.4) is 0 Å². The van der Waals surface area contributed by atoms with Crippen LogP contribution in [0.2, 0.25) is 10.0 Å². The van der Waals surface area contributed by atoms with E-state index in [0.717, 1.165) is 22.3 Å². The first kappa shape index (κ1) is 16.6. The van der Waals surface area contributed by atoms with Gasteiger partial charge in [0.15, 0.2) is 0 Å². The Labute approximate surface area is 143 Å². The Kier molecular flexibility index (Phi) is 5.94. The molecule has 2 rings (SSSR count). The molecular formula is C16H16BrCl2NO. The van der Waals surface area contributed by atoms with Gasteiger partial charge in [-0.05, 0) is 43.8 Å². The van der Waals surface area contributed by atoms with Crippen LogP contribution in [0.25, 0.3) is 0 Å². The van der Waals surface area contributed by atoms with Gasteiger partial charge < -0.3 is 10.1 Å². The lowest BCUT2D eigenvalue weighted by Gasteiger charge is -2.18. The molecule has 0 fully saturated rings. The first-order valence-electron chi connectivity index (χ1n) is 6.67. The van der Waals surface area contributed by atoms with Gasteiger partial charge in [0.1, 0.15) is 11.5 Å². The van der Waals surface area contributed by atoms with E-state index in [1.165, 1.54) is 0 Å². The highest BCUT2D eigenvalue weighted by Crippen LogP contribution is 2.36. The van der Waals surface area contributed by atoms with Crippen molar-refractivity contribution in [3.8, 4) is 11.5 Å². The maximum atomic E-state index is 6.16. The molecule has 0 spiro atoms. The molecule has 0 aliphatic heterocycles. The van der Waals surface area contributed by atoms with Crippen LogP contribution < -0.4 is 10.1 Å². The second-order valence-corrected chi connectivity index (χ2v) is 6.40. The van der Waals surface area contributed by atoms with Gasteiger partial charge in [-0.25, -0.2) is 0 Å². The second kappa shape index (κ2) is 7.50. The highest BCUT2D eigenvalue weighted by molar-refractivity contribution is 9.10. The largest absolute Gasteiger partial charge is 0.455 e. The number of ether oxygens (including phenoxy) is 1. The van der Waals surface area contributed by atoms with Crippen LogP contribution in [0.15, 0.2) is 40.9 Å². The van der Waals surface area contributed by atoms with Crippen molar-refractivity contribution in [1.29, 1.82) is 0 Å². The highest BCUT2D eigenvalue weighted by Gasteiger charge is 2.13. The summed E-state index contributed by atoms with van der Waals surface area (Å²) in [5.74, 6) is 1.31. The highest BCUT2D eigenvalue weighted by atomic mass is 79.9. The van der Waals surface area contributed by atoms with Crippen molar-refractivity contribution in [2.24, 2.45) is 0 Å². The molecule has 0 radical (unpaired) electrons. The fraction of sp³-hybridized carbons (Fsp3) is 0.250. The van der Waals surface area contributed by atoms with Crippen LogP contribution in [0.1, 0.15) is 25.5 Å². The van der Waals surface area contributed by atoms with Gasteiger partial charge in [0.05, 0.1) is 5.02 Å². The van der Waals surface area contributed by atoms with E-state index in [-0.39, 0.29) is 6.04 Å². The van der Waals surface area contributed by atoms with E-state index in [1.54, 1.807) is 18.2 Å². The minimum Gasteiger partial charge on any atom is -0.455 e. The second-order valence-electron chi connectivity index (χ2n) is 4.64. The molecule has 1 N–H and O–H groups in total. The summed E-state index contributed by atoms with van der Waals surface area (Å²) in [4.78, 5) is 0. The average molecular weight is 389 g/mol. The summed E-state index contributed by atoms with van der Waals surface area (Å²) in [6, 6.07) is 11.3. The van der Waals surface area contributed by atoms with Crippen LogP contribution in [0.5, 0.6) is 11.5 Å². The van der Waals surface area contributed by atoms with Crippen LogP contribution >= 0.6 is 39.1 Å². The molecule has 2 aromatic rings. The third-order valence-electron chi connectivity index (χ3n) is 3.06. The summed E-state index contributed by atoms with van der Waals surface area (Å²) in [6.45, 7) is 5.05. The molecule has 112 valence electrons. The van der Waals surface area contributed by atoms with E-state index in [4.69, 9.17) is 27.9 Å². The molecule has 0 saturated heterocycles. The monoisotopic (exact) mass is 387 g/mol. The molecule has 0 amide bonds. The van der Waals surface area contributed by atoms with E-state index in [9.17, 15) is 0 Å². The molecule has 0 aliphatic carbocycles. The van der Waals surface area contributed by atoms with Gasteiger partial charge in [0.2, 0.25) is 0 Å². The van der Waals surface area contributed by atoms with Gasteiger partial charge in [-0.2, -0.15) is 0 Å². The van der Waals surface area contributed by atoms with Crippen LogP contribution in [-0.2, 0) is 0 Å². The average Bonchev–Trinajstić information content (AvgIpc) is 2.45. The SMILES string of the molecule is CCNC(C)c1cc(Br)ccc1Oc1cc(Cl)ccc1Cl. The van der Waals surface area contributed by atoms with Gasteiger partial charge in [-0.1, -0.05) is 46.1 Å². The van der Waals surface area contributed by atoms with E-state index in [2.05, 4.69) is 35.1 Å². The van der Waals surface area contributed by atoms with Crippen molar-refractivity contribution in [2.75, 3.05) is 6.54 Å². The van der Waals surface area contributed by atoms with E-state index in [1.807, 2.05) is 18.2 Å². The molecule has 0 bridgehead atoms. The molecule has 1 unspecified atom stereocenters. The van der Waals surface area contributed by atoms with Crippen molar-refractivity contribution in [3.05, 3.63) is 56.5 Å². The molecule has 0 heterocycles. The number of halogens is 3. The standard InChI is InChI=1S/C16H16BrCl2NO/c1-3-20-10(2)13-8-11(17)4-7-15(13)21-16-9-12(18)5-6-14(16)19/h4-10,20H,3H2,1-2H3. The van der Waals surface area contributed by atoms with Crippen LogP contribution in [-0.4, -0.2) is 6.54 Å². The first-order chi connectivity index (χ1) is 10.0. The topological polar surface area (TPSA) is 21.3 Å². The van der Waals surface area contributed by atoms with Crippen molar-refractivity contribution >= 4 is 39.1 Å². The molecule has 0 aromatic heterocycles. The van der Waals surface area contributed by atoms with Crippen molar-refractivity contribution < 1.29 is 4.74 Å². The van der Waals surface area contributed by atoms with Gasteiger partial charge in [0.25, 0.3) is 0 Å². The summed E-state index contributed by atoms with van der Waals surface area (Å²) in [7, 11) is 0.